The topological polar surface area (TPSA) is 37.3 Å². The second-order valence-corrected chi connectivity index (χ2v) is 3.32. The van der Waals surface area contributed by atoms with Crippen LogP contribution in [-0.2, 0) is 4.79 Å². The van der Waals surface area contributed by atoms with Crippen molar-refractivity contribution >= 4 is 11.5 Å². The van der Waals surface area contributed by atoms with E-state index in [-0.39, 0.29) is 11.5 Å². The highest BCUT2D eigenvalue weighted by atomic mass is 16.3. The number of aliphatic hydroxyl groups is 1. The Morgan fingerprint density at radius 1 is 1.18 bits per heavy atom. The number of allylic oxidation sites excluding steroid dienone is 5. The molecule has 1 aromatic rings. The van der Waals surface area contributed by atoms with Gasteiger partial charge in [-0.25, -0.2) is 0 Å². The predicted molar refractivity (Wildman–Crippen MR) is 70.5 cm³/mol. The molecule has 0 amide bonds. The summed E-state index contributed by atoms with van der Waals surface area (Å²) >= 11 is 0. The van der Waals surface area contributed by atoms with E-state index in [0.717, 1.165) is 0 Å². The standard InChI is InChI=1S/C15H14O2/c1-3-8-12(4-2)14(16)11-15(17)13-9-6-5-7-10-13/h3-11,17H,1-2H2/b12-8+,15-11-. The van der Waals surface area contributed by atoms with E-state index < -0.39 is 0 Å². The zero-order chi connectivity index (χ0) is 12.7. The second kappa shape index (κ2) is 6.28. The van der Waals surface area contributed by atoms with Crippen LogP contribution in [0.5, 0.6) is 0 Å². The van der Waals surface area contributed by atoms with Crippen LogP contribution in [0.1, 0.15) is 5.56 Å². The quantitative estimate of drug-likeness (QED) is 0.474. The van der Waals surface area contributed by atoms with Crippen LogP contribution in [0.15, 0.2) is 73.4 Å². The summed E-state index contributed by atoms with van der Waals surface area (Å²) in [7, 11) is 0. The number of rotatable bonds is 5. The molecule has 0 radical (unpaired) electrons. The van der Waals surface area contributed by atoms with E-state index in [2.05, 4.69) is 13.2 Å². The van der Waals surface area contributed by atoms with Crippen LogP contribution in [0.25, 0.3) is 5.76 Å². The molecule has 0 spiro atoms. The third-order valence-electron chi connectivity index (χ3n) is 2.14. The van der Waals surface area contributed by atoms with Crippen LogP contribution in [0.4, 0.5) is 0 Å². The fraction of sp³-hybridized carbons (Fsp3) is 0. The maximum absolute atomic E-state index is 11.7. The van der Waals surface area contributed by atoms with Crippen molar-refractivity contribution in [2.45, 2.75) is 0 Å². The summed E-state index contributed by atoms with van der Waals surface area (Å²) in [5.74, 6) is -0.367. The molecule has 1 aromatic carbocycles. The van der Waals surface area contributed by atoms with Crippen molar-refractivity contribution < 1.29 is 9.90 Å². The van der Waals surface area contributed by atoms with Crippen LogP contribution < -0.4 is 0 Å². The number of ketones is 1. The summed E-state index contributed by atoms with van der Waals surface area (Å²) in [6.45, 7) is 7.04. The third kappa shape index (κ3) is 3.61. The zero-order valence-electron chi connectivity index (χ0n) is 9.47. The van der Waals surface area contributed by atoms with Gasteiger partial charge in [-0.2, -0.15) is 0 Å². The SMILES string of the molecule is C=C/C=C(\C=C)C(=O)/C=C(\O)c1ccccc1. The Kier molecular flexibility index (Phi) is 4.70. The van der Waals surface area contributed by atoms with Crippen molar-refractivity contribution in [3.05, 3.63) is 78.9 Å². The molecule has 86 valence electrons. The molecule has 0 aliphatic heterocycles. The summed E-state index contributed by atoms with van der Waals surface area (Å²) in [5, 5.41) is 9.76. The molecule has 1 N–H and O–H groups in total. The fourth-order valence-corrected chi connectivity index (χ4v) is 1.28. The second-order valence-electron chi connectivity index (χ2n) is 3.32. The van der Waals surface area contributed by atoms with E-state index in [4.69, 9.17) is 0 Å². The molecular formula is C15H14O2. The fourth-order valence-electron chi connectivity index (χ4n) is 1.28. The van der Waals surface area contributed by atoms with Crippen molar-refractivity contribution in [2.24, 2.45) is 0 Å². The van der Waals surface area contributed by atoms with Gasteiger partial charge in [0, 0.05) is 17.2 Å². The van der Waals surface area contributed by atoms with Gasteiger partial charge in [-0.3, -0.25) is 4.79 Å². The van der Waals surface area contributed by atoms with Gasteiger partial charge in [0.1, 0.15) is 5.76 Å². The van der Waals surface area contributed by atoms with Crippen molar-refractivity contribution in [3.63, 3.8) is 0 Å². The largest absolute Gasteiger partial charge is 0.507 e. The zero-order valence-corrected chi connectivity index (χ0v) is 9.47. The first-order valence-electron chi connectivity index (χ1n) is 5.14. The molecule has 0 atom stereocenters. The average molecular weight is 226 g/mol. The molecule has 0 aromatic heterocycles. The minimum atomic E-state index is -0.304. The van der Waals surface area contributed by atoms with E-state index in [0.29, 0.717) is 11.1 Å². The maximum Gasteiger partial charge on any atom is 0.189 e. The number of carbonyl (C=O) groups is 1. The molecule has 0 aliphatic carbocycles. The highest BCUT2D eigenvalue weighted by molar-refractivity contribution is 6.09. The van der Waals surface area contributed by atoms with Gasteiger partial charge in [0.25, 0.3) is 0 Å². The van der Waals surface area contributed by atoms with Gasteiger partial charge in [0.05, 0.1) is 0 Å². The number of aliphatic hydroxyl groups excluding tert-OH is 1. The van der Waals surface area contributed by atoms with Crippen molar-refractivity contribution in [3.8, 4) is 0 Å². The van der Waals surface area contributed by atoms with E-state index >= 15 is 0 Å². The summed E-state index contributed by atoms with van der Waals surface area (Å²) < 4.78 is 0. The van der Waals surface area contributed by atoms with Gasteiger partial charge in [-0.05, 0) is 0 Å². The number of hydrogen-bond acceptors (Lipinski definition) is 2. The van der Waals surface area contributed by atoms with E-state index in [9.17, 15) is 9.90 Å². The molecule has 0 bridgehead atoms. The molecule has 2 heteroatoms. The molecule has 17 heavy (non-hydrogen) atoms. The Labute approximate surface area is 101 Å². The van der Waals surface area contributed by atoms with Gasteiger partial charge in [0.2, 0.25) is 0 Å². The Hall–Kier alpha value is -2.35. The van der Waals surface area contributed by atoms with Crippen molar-refractivity contribution in [2.75, 3.05) is 0 Å². The number of benzene rings is 1. The van der Waals surface area contributed by atoms with Gasteiger partial charge in [-0.1, -0.05) is 61.7 Å². The number of carbonyl (C=O) groups excluding carboxylic acids is 1. The molecule has 0 aliphatic rings. The highest BCUT2D eigenvalue weighted by Gasteiger charge is 2.05. The third-order valence-corrected chi connectivity index (χ3v) is 2.14. The molecule has 0 unspecified atom stereocenters. The average Bonchev–Trinajstić information content (AvgIpc) is 2.36. The Balaban J connectivity index is 2.97. The highest BCUT2D eigenvalue weighted by Crippen LogP contribution is 2.12. The minimum absolute atomic E-state index is 0.0626. The van der Waals surface area contributed by atoms with Crippen LogP contribution in [0.2, 0.25) is 0 Å². The summed E-state index contributed by atoms with van der Waals surface area (Å²) in [6.07, 6.45) is 5.65. The van der Waals surface area contributed by atoms with Gasteiger partial charge >= 0.3 is 0 Å². The Morgan fingerprint density at radius 2 is 1.82 bits per heavy atom. The first kappa shape index (κ1) is 12.7. The molecule has 0 saturated heterocycles. The minimum Gasteiger partial charge on any atom is -0.507 e. The van der Waals surface area contributed by atoms with Gasteiger partial charge < -0.3 is 5.11 Å². The van der Waals surface area contributed by atoms with Crippen LogP contribution >= 0.6 is 0 Å². The molecule has 0 fully saturated rings. The monoisotopic (exact) mass is 226 g/mol. The Bertz CT molecular complexity index is 479. The van der Waals surface area contributed by atoms with Crippen LogP contribution in [0, 0.1) is 0 Å². The summed E-state index contributed by atoms with van der Waals surface area (Å²) in [5.41, 5.74) is 0.991. The lowest BCUT2D eigenvalue weighted by Crippen LogP contribution is -1.97. The van der Waals surface area contributed by atoms with E-state index in [1.807, 2.05) is 6.07 Å². The molecule has 0 heterocycles. The first-order chi connectivity index (χ1) is 8.19. The lowest BCUT2D eigenvalue weighted by Gasteiger charge is -2.00. The summed E-state index contributed by atoms with van der Waals surface area (Å²) in [6, 6.07) is 8.87. The van der Waals surface area contributed by atoms with E-state index in [1.54, 1.807) is 30.3 Å². The lowest BCUT2D eigenvalue weighted by molar-refractivity contribution is -0.111. The van der Waals surface area contributed by atoms with Crippen molar-refractivity contribution in [1.29, 1.82) is 0 Å². The van der Waals surface area contributed by atoms with Crippen LogP contribution in [-0.4, -0.2) is 10.9 Å². The molecule has 0 saturated carbocycles. The molecule has 2 nitrogen and oxygen atoms in total. The normalized spacial score (nSPS) is 12.0. The summed E-state index contributed by atoms with van der Waals surface area (Å²) in [4.78, 5) is 11.7. The maximum atomic E-state index is 11.7. The molecular weight excluding hydrogens is 212 g/mol. The van der Waals surface area contributed by atoms with Gasteiger partial charge in [0.15, 0.2) is 5.78 Å². The van der Waals surface area contributed by atoms with E-state index in [1.165, 1.54) is 18.2 Å². The smallest absolute Gasteiger partial charge is 0.189 e. The lowest BCUT2D eigenvalue weighted by atomic mass is 10.1. The Morgan fingerprint density at radius 3 is 2.35 bits per heavy atom. The molecule has 1 rings (SSSR count). The first-order valence-corrected chi connectivity index (χ1v) is 5.14. The van der Waals surface area contributed by atoms with Gasteiger partial charge in [-0.15, -0.1) is 0 Å². The predicted octanol–water partition coefficient (Wildman–Crippen LogP) is 3.45. The van der Waals surface area contributed by atoms with Crippen molar-refractivity contribution in [1.82, 2.24) is 0 Å². The number of hydrogen-bond donors (Lipinski definition) is 1. The van der Waals surface area contributed by atoms with Crippen LogP contribution in [0.3, 0.4) is 0 Å².